The van der Waals surface area contributed by atoms with E-state index in [1.807, 2.05) is 16.9 Å². The molecule has 1 aromatic carbocycles. The Labute approximate surface area is 147 Å². The van der Waals surface area contributed by atoms with E-state index in [1.54, 1.807) is 29.2 Å². The van der Waals surface area contributed by atoms with Crippen molar-refractivity contribution in [2.75, 3.05) is 13.1 Å². The average Bonchev–Trinajstić information content (AvgIpc) is 3.03. The molecule has 2 aromatic rings. The molecule has 0 unspecified atom stereocenters. The number of carbonyl (C=O) groups excluding carboxylic acids is 2. The molecule has 6 nitrogen and oxygen atoms in total. The molecule has 0 radical (unpaired) electrons. The van der Waals surface area contributed by atoms with Crippen molar-refractivity contribution in [1.29, 1.82) is 0 Å². The van der Waals surface area contributed by atoms with E-state index in [4.69, 9.17) is 0 Å². The van der Waals surface area contributed by atoms with Gasteiger partial charge in [-0.05, 0) is 32.9 Å². The summed E-state index contributed by atoms with van der Waals surface area (Å²) < 4.78 is 2.04. The number of hydrogen-bond donors (Lipinski definition) is 1. The average molecular weight is 340 g/mol. The van der Waals surface area contributed by atoms with Crippen molar-refractivity contribution in [1.82, 2.24) is 20.0 Å². The van der Waals surface area contributed by atoms with Gasteiger partial charge in [-0.2, -0.15) is 5.10 Å². The van der Waals surface area contributed by atoms with Crippen molar-refractivity contribution in [3.63, 3.8) is 0 Å². The molecule has 1 N–H and O–H groups in total. The molecular weight excluding hydrogens is 316 g/mol. The number of hydrogen-bond acceptors (Lipinski definition) is 3. The fraction of sp³-hybridized carbons (Fsp3) is 0.421. The Balaban J connectivity index is 1.60. The van der Waals surface area contributed by atoms with Crippen LogP contribution in [-0.2, 0) is 23.3 Å². The molecule has 1 aliphatic rings. The van der Waals surface area contributed by atoms with Crippen molar-refractivity contribution in [2.45, 2.75) is 39.3 Å². The Bertz CT molecular complexity index is 774. The van der Waals surface area contributed by atoms with Crippen molar-refractivity contribution >= 4 is 11.8 Å². The van der Waals surface area contributed by atoms with Gasteiger partial charge in [-0.3, -0.25) is 14.3 Å². The van der Waals surface area contributed by atoms with Crippen molar-refractivity contribution in [3.05, 3.63) is 53.3 Å². The van der Waals surface area contributed by atoms with E-state index in [2.05, 4.69) is 31.2 Å². The third-order valence-corrected chi connectivity index (χ3v) is 4.36. The van der Waals surface area contributed by atoms with E-state index in [0.29, 0.717) is 18.7 Å². The quantitative estimate of drug-likeness (QED) is 0.929. The number of nitrogens with zero attached hydrogens (tertiary/aromatic N) is 3. The van der Waals surface area contributed by atoms with Gasteiger partial charge in [0.15, 0.2) is 0 Å². The zero-order valence-electron chi connectivity index (χ0n) is 15.0. The van der Waals surface area contributed by atoms with Gasteiger partial charge in [0.2, 0.25) is 5.91 Å². The molecule has 0 spiro atoms. The van der Waals surface area contributed by atoms with Crippen LogP contribution < -0.4 is 5.32 Å². The molecule has 0 aliphatic carbocycles. The molecule has 2 amide bonds. The second kappa shape index (κ2) is 6.70. The summed E-state index contributed by atoms with van der Waals surface area (Å²) in [6.07, 6.45) is 2.63. The maximum absolute atomic E-state index is 12.4. The highest BCUT2D eigenvalue weighted by molar-refractivity contribution is 5.96. The van der Waals surface area contributed by atoms with E-state index in [0.717, 1.165) is 12.0 Å². The highest BCUT2D eigenvalue weighted by Crippen LogP contribution is 2.24. The Hall–Kier alpha value is -2.63. The standard InChI is InChI=1S/C19H24N4O2/c1-19(2,3)23-16-9-10-22(13-15(16)11-21-23)17(24)12-20-18(25)14-7-5-4-6-8-14/h4-8,11H,9-10,12-13H2,1-3H3,(H,20,25). The van der Waals surface area contributed by atoms with Crippen LogP contribution in [0.3, 0.4) is 0 Å². The van der Waals surface area contributed by atoms with E-state index in [-0.39, 0.29) is 23.9 Å². The molecule has 0 atom stereocenters. The number of nitrogens with one attached hydrogen (secondary N) is 1. The monoisotopic (exact) mass is 340 g/mol. The Morgan fingerprint density at radius 1 is 1.20 bits per heavy atom. The Morgan fingerprint density at radius 3 is 2.60 bits per heavy atom. The van der Waals surface area contributed by atoms with Gasteiger partial charge in [-0.1, -0.05) is 18.2 Å². The van der Waals surface area contributed by atoms with Crippen LogP contribution in [0.4, 0.5) is 0 Å². The van der Waals surface area contributed by atoms with Crippen LogP contribution in [0.5, 0.6) is 0 Å². The smallest absolute Gasteiger partial charge is 0.251 e. The summed E-state index contributed by atoms with van der Waals surface area (Å²) in [6, 6.07) is 8.91. The minimum absolute atomic E-state index is 0.0104. The first-order valence-electron chi connectivity index (χ1n) is 8.53. The van der Waals surface area contributed by atoms with Gasteiger partial charge in [0, 0.05) is 36.3 Å². The molecule has 2 heterocycles. The van der Waals surface area contributed by atoms with E-state index >= 15 is 0 Å². The van der Waals surface area contributed by atoms with Gasteiger partial charge >= 0.3 is 0 Å². The fourth-order valence-electron chi connectivity index (χ4n) is 3.08. The molecule has 0 saturated heterocycles. The number of amides is 2. The molecular formula is C19H24N4O2. The normalized spacial score (nSPS) is 14.1. The lowest BCUT2D eigenvalue weighted by atomic mass is 10.0. The largest absolute Gasteiger partial charge is 0.343 e. The Kier molecular flexibility index (Phi) is 4.61. The van der Waals surface area contributed by atoms with Crippen LogP contribution in [-0.4, -0.2) is 39.6 Å². The second-order valence-corrected chi connectivity index (χ2v) is 7.31. The van der Waals surface area contributed by atoms with Crippen LogP contribution in [0.25, 0.3) is 0 Å². The van der Waals surface area contributed by atoms with Gasteiger partial charge in [0.1, 0.15) is 0 Å². The van der Waals surface area contributed by atoms with Gasteiger partial charge in [-0.15, -0.1) is 0 Å². The molecule has 25 heavy (non-hydrogen) atoms. The summed E-state index contributed by atoms with van der Waals surface area (Å²) in [6.45, 7) is 7.57. The summed E-state index contributed by atoms with van der Waals surface area (Å²) in [5, 5.41) is 7.18. The highest BCUT2D eigenvalue weighted by Gasteiger charge is 2.27. The van der Waals surface area contributed by atoms with Crippen molar-refractivity contribution < 1.29 is 9.59 Å². The zero-order chi connectivity index (χ0) is 18.0. The molecule has 0 bridgehead atoms. The van der Waals surface area contributed by atoms with Crippen molar-refractivity contribution in [3.8, 4) is 0 Å². The number of carbonyl (C=O) groups is 2. The van der Waals surface area contributed by atoms with Crippen LogP contribution in [0.1, 0.15) is 42.4 Å². The van der Waals surface area contributed by atoms with E-state index in [1.165, 1.54) is 5.69 Å². The lowest BCUT2D eigenvalue weighted by Gasteiger charge is -2.30. The second-order valence-electron chi connectivity index (χ2n) is 7.31. The number of benzene rings is 1. The number of fused-ring (bicyclic) bond motifs is 1. The molecule has 132 valence electrons. The van der Waals surface area contributed by atoms with Gasteiger partial charge in [0.05, 0.1) is 18.3 Å². The first-order valence-corrected chi connectivity index (χ1v) is 8.53. The predicted molar refractivity (Wildman–Crippen MR) is 95.1 cm³/mol. The maximum Gasteiger partial charge on any atom is 0.251 e. The van der Waals surface area contributed by atoms with Crippen LogP contribution in [0.2, 0.25) is 0 Å². The molecule has 1 aromatic heterocycles. The third-order valence-electron chi connectivity index (χ3n) is 4.36. The van der Waals surface area contributed by atoms with Crippen molar-refractivity contribution in [2.24, 2.45) is 0 Å². The third kappa shape index (κ3) is 3.73. The summed E-state index contributed by atoms with van der Waals surface area (Å²) >= 11 is 0. The minimum Gasteiger partial charge on any atom is -0.343 e. The molecule has 1 aliphatic heterocycles. The molecule has 3 rings (SSSR count). The zero-order valence-corrected chi connectivity index (χ0v) is 15.0. The first kappa shape index (κ1) is 17.2. The SMILES string of the molecule is CC(C)(C)n1ncc2c1CCN(C(=O)CNC(=O)c1ccccc1)C2. The topological polar surface area (TPSA) is 67.2 Å². The summed E-state index contributed by atoms with van der Waals surface area (Å²) in [4.78, 5) is 26.3. The summed E-state index contributed by atoms with van der Waals surface area (Å²) in [7, 11) is 0. The van der Waals surface area contributed by atoms with E-state index < -0.39 is 0 Å². The summed E-state index contributed by atoms with van der Waals surface area (Å²) in [5.41, 5.74) is 2.78. The van der Waals surface area contributed by atoms with E-state index in [9.17, 15) is 9.59 Å². The van der Waals surface area contributed by atoms with Crippen LogP contribution in [0, 0.1) is 0 Å². The fourth-order valence-corrected chi connectivity index (χ4v) is 3.08. The lowest BCUT2D eigenvalue weighted by molar-refractivity contribution is -0.131. The number of aromatic nitrogens is 2. The lowest BCUT2D eigenvalue weighted by Crippen LogP contribution is -2.43. The summed E-state index contributed by atoms with van der Waals surface area (Å²) in [5.74, 6) is -0.300. The molecule has 0 fully saturated rings. The Morgan fingerprint density at radius 2 is 1.92 bits per heavy atom. The van der Waals surface area contributed by atoms with Crippen LogP contribution >= 0.6 is 0 Å². The molecule has 0 saturated carbocycles. The predicted octanol–water partition coefficient (Wildman–Crippen LogP) is 1.95. The van der Waals surface area contributed by atoms with Gasteiger partial charge in [0.25, 0.3) is 5.91 Å². The van der Waals surface area contributed by atoms with Gasteiger partial charge in [-0.25, -0.2) is 0 Å². The molecule has 6 heteroatoms. The minimum atomic E-state index is -0.229. The highest BCUT2D eigenvalue weighted by atomic mass is 16.2. The first-order chi connectivity index (χ1) is 11.9. The van der Waals surface area contributed by atoms with Gasteiger partial charge < -0.3 is 10.2 Å². The number of rotatable bonds is 3. The maximum atomic E-state index is 12.4. The van der Waals surface area contributed by atoms with Crippen LogP contribution in [0.15, 0.2) is 36.5 Å².